The van der Waals surface area contributed by atoms with Crippen LogP contribution >= 0.6 is 11.6 Å². The van der Waals surface area contributed by atoms with Gasteiger partial charge in [-0.2, -0.15) is 0 Å². The Morgan fingerprint density at radius 1 is 1.18 bits per heavy atom. The van der Waals surface area contributed by atoms with Gasteiger partial charge >= 0.3 is 0 Å². The van der Waals surface area contributed by atoms with Crippen molar-refractivity contribution in [2.24, 2.45) is 0 Å². The number of carbonyl (C=O) groups is 2. The Kier molecular flexibility index (Phi) is 5.99. The van der Waals surface area contributed by atoms with Gasteiger partial charge in [0.1, 0.15) is 5.52 Å². The van der Waals surface area contributed by atoms with Crippen LogP contribution in [0.2, 0.25) is 5.02 Å². The molecule has 4 heterocycles. The lowest BCUT2D eigenvalue weighted by atomic mass is 10.0. The van der Waals surface area contributed by atoms with Gasteiger partial charge < -0.3 is 15.0 Å². The Hall–Kier alpha value is -4.38. The summed E-state index contributed by atoms with van der Waals surface area (Å²) in [4.78, 5) is 34.0. The largest absolute Gasteiger partial charge is 0.355 e. The van der Waals surface area contributed by atoms with Gasteiger partial charge in [0.25, 0.3) is 11.8 Å². The molecule has 5 aromatic rings. The third kappa shape index (κ3) is 4.45. The summed E-state index contributed by atoms with van der Waals surface area (Å²) in [5.41, 5.74) is 3.73. The van der Waals surface area contributed by atoms with Crippen molar-refractivity contribution in [2.45, 2.75) is 31.8 Å². The quantitative estimate of drug-likeness (QED) is 0.331. The van der Waals surface area contributed by atoms with Gasteiger partial charge in [-0.3, -0.25) is 14.6 Å². The van der Waals surface area contributed by atoms with Gasteiger partial charge in [0, 0.05) is 24.8 Å². The lowest BCUT2D eigenvalue weighted by Gasteiger charge is -2.10. The molecule has 0 saturated heterocycles. The maximum Gasteiger partial charge on any atom is 0.273 e. The van der Waals surface area contributed by atoms with Crippen LogP contribution in [0.3, 0.4) is 0 Å². The third-order valence-corrected chi connectivity index (χ3v) is 6.88. The molecule has 0 atom stereocenters. The van der Waals surface area contributed by atoms with Gasteiger partial charge in [0.05, 0.1) is 47.4 Å². The summed E-state index contributed by atoms with van der Waals surface area (Å²) in [6, 6.07) is 7.27. The molecule has 6 rings (SSSR count). The fraction of sp³-hybridized carbons (Fsp3) is 0.231. The first-order valence-electron chi connectivity index (χ1n) is 12.0. The van der Waals surface area contributed by atoms with E-state index in [9.17, 15) is 14.0 Å². The van der Waals surface area contributed by atoms with E-state index in [-0.39, 0.29) is 28.7 Å². The maximum atomic E-state index is 14.5. The molecule has 0 radical (unpaired) electrons. The van der Waals surface area contributed by atoms with Crippen LogP contribution in [0.15, 0.2) is 49.2 Å². The van der Waals surface area contributed by atoms with E-state index in [2.05, 4.69) is 37.0 Å². The summed E-state index contributed by atoms with van der Waals surface area (Å²) < 4.78 is 17.5. The fourth-order valence-electron chi connectivity index (χ4n) is 4.50. The molecule has 4 aromatic heterocycles. The van der Waals surface area contributed by atoms with E-state index in [1.165, 1.54) is 33.2 Å². The van der Waals surface area contributed by atoms with Crippen LogP contribution in [0, 0.1) is 5.82 Å². The van der Waals surface area contributed by atoms with E-state index >= 15 is 0 Å². The molecule has 0 bridgehead atoms. The molecule has 0 unspecified atom stereocenters. The highest BCUT2D eigenvalue weighted by molar-refractivity contribution is 6.31. The van der Waals surface area contributed by atoms with Crippen molar-refractivity contribution in [1.29, 1.82) is 0 Å². The van der Waals surface area contributed by atoms with Crippen molar-refractivity contribution in [3.8, 4) is 0 Å². The van der Waals surface area contributed by atoms with Gasteiger partial charge in [-0.1, -0.05) is 16.8 Å². The number of amides is 2. The minimum absolute atomic E-state index is 0.0179. The number of benzene rings is 1. The Morgan fingerprint density at radius 2 is 2.03 bits per heavy atom. The highest BCUT2D eigenvalue weighted by atomic mass is 35.5. The molecule has 10 nitrogen and oxygen atoms in total. The van der Waals surface area contributed by atoms with Crippen LogP contribution in [0.4, 0.5) is 4.39 Å². The molecule has 1 aromatic carbocycles. The number of halogens is 2. The van der Waals surface area contributed by atoms with Crippen LogP contribution in [0.25, 0.3) is 16.4 Å². The zero-order valence-corrected chi connectivity index (χ0v) is 21.0. The number of nitrogens with zero attached hydrogens (tertiary/aromatic N) is 6. The zero-order chi connectivity index (χ0) is 26.4. The van der Waals surface area contributed by atoms with E-state index in [1.54, 1.807) is 19.3 Å². The summed E-state index contributed by atoms with van der Waals surface area (Å²) in [6.07, 6.45) is 8.71. The normalized spacial score (nSPS) is 13.2. The van der Waals surface area contributed by atoms with Crippen LogP contribution in [0.1, 0.15) is 56.4 Å². The van der Waals surface area contributed by atoms with Crippen molar-refractivity contribution in [2.75, 3.05) is 7.05 Å². The summed E-state index contributed by atoms with van der Waals surface area (Å²) in [5.74, 6) is -0.786. The number of hydrogen-bond donors (Lipinski definition) is 2. The molecule has 2 amide bonds. The van der Waals surface area contributed by atoms with Crippen LogP contribution < -0.4 is 10.6 Å². The van der Waals surface area contributed by atoms with Gasteiger partial charge in [0.15, 0.2) is 11.5 Å². The van der Waals surface area contributed by atoms with Gasteiger partial charge in [-0.25, -0.2) is 14.1 Å². The predicted octanol–water partition coefficient (Wildman–Crippen LogP) is 3.48. The van der Waals surface area contributed by atoms with Gasteiger partial charge in [-0.05, 0) is 54.2 Å². The highest BCUT2D eigenvalue weighted by Crippen LogP contribution is 2.40. The van der Waals surface area contributed by atoms with Gasteiger partial charge in [-0.15, -0.1) is 5.10 Å². The summed E-state index contributed by atoms with van der Waals surface area (Å²) in [7, 11) is 1.58. The molecule has 1 aliphatic rings. The molecule has 2 N–H and O–H groups in total. The third-order valence-electron chi connectivity index (χ3n) is 6.59. The smallest absolute Gasteiger partial charge is 0.273 e. The lowest BCUT2D eigenvalue weighted by molar-refractivity contribution is 0.0942. The molecule has 12 heteroatoms. The minimum atomic E-state index is -0.604. The number of imidazole rings is 1. The first-order chi connectivity index (χ1) is 18.4. The standard InChI is InChI=1S/C26H22ClFN8O2/c1-29-25(37)18-7-14(6-16-8-17(15-2-3-15)9-30-23(16)18)11-36-12-21(33-34-36)26(38)31-10-20-24-22(28)19(27)4-5-35(24)13-32-20/h4-9,12-13,15H,2-3,10-11H2,1H3,(H,29,37)(H,31,38). The predicted molar refractivity (Wildman–Crippen MR) is 138 cm³/mol. The minimum Gasteiger partial charge on any atom is -0.355 e. The SMILES string of the molecule is CNC(=O)c1cc(Cn2cc(C(=O)NCc3ncn4ccc(Cl)c(F)c34)nn2)cc2cc(C3CC3)cnc12. The molecule has 38 heavy (non-hydrogen) atoms. The Balaban J connectivity index is 1.21. The fourth-order valence-corrected chi connectivity index (χ4v) is 4.65. The number of fused-ring (bicyclic) bond motifs is 2. The summed E-state index contributed by atoms with van der Waals surface area (Å²) in [6.45, 7) is 0.277. The number of pyridine rings is 2. The number of carbonyl (C=O) groups excluding carboxylic acids is 2. The number of hydrogen-bond acceptors (Lipinski definition) is 6. The van der Waals surface area contributed by atoms with Crippen molar-refractivity contribution >= 4 is 39.8 Å². The maximum absolute atomic E-state index is 14.5. The number of nitrogens with one attached hydrogen (secondary N) is 2. The highest BCUT2D eigenvalue weighted by Gasteiger charge is 2.25. The first-order valence-corrected chi connectivity index (χ1v) is 12.4. The Labute approximate surface area is 220 Å². The average Bonchev–Trinajstić information content (AvgIpc) is 3.53. The molecule has 1 aliphatic carbocycles. The summed E-state index contributed by atoms with van der Waals surface area (Å²) >= 11 is 5.89. The molecule has 192 valence electrons. The molecular formula is C26H22ClFN8O2. The van der Waals surface area contributed by atoms with Crippen molar-refractivity contribution in [1.82, 2.24) is 40.0 Å². The Bertz CT molecular complexity index is 1730. The second kappa shape index (κ2) is 9.49. The second-order valence-corrected chi connectivity index (χ2v) is 9.65. The van der Waals surface area contributed by atoms with Crippen molar-refractivity contribution < 1.29 is 14.0 Å². The molecular weight excluding hydrogens is 511 g/mol. The van der Waals surface area contributed by atoms with Crippen molar-refractivity contribution in [3.05, 3.63) is 88.1 Å². The molecule has 1 saturated carbocycles. The van der Waals surface area contributed by atoms with E-state index in [4.69, 9.17) is 11.6 Å². The van der Waals surface area contributed by atoms with E-state index < -0.39 is 11.7 Å². The molecule has 0 aliphatic heterocycles. The first kappa shape index (κ1) is 24.0. The molecule has 1 fully saturated rings. The van der Waals surface area contributed by atoms with Crippen LogP contribution in [0.5, 0.6) is 0 Å². The molecule has 0 spiro atoms. The second-order valence-electron chi connectivity index (χ2n) is 9.25. The average molecular weight is 533 g/mol. The van der Waals surface area contributed by atoms with Crippen LogP contribution in [-0.2, 0) is 13.1 Å². The van der Waals surface area contributed by atoms with E-state index in [0.29, 0.717) is 29.2 Å². The van der Waals surface area contributed by atoms with Crippen molar-refractivity contribution in [3.63, 3.8) is 0 Å². The monoisotopic (exact) mass is 532 g/mol. The lowest BCUT2D eigenvalue weighted by Crippen LogP contribution is -2.23. The Morgan fingerprint density at radius 3 is 2.82 bits per heavy atom. The number of aromatic nitrogens is 6. The van der Waals surface area contributed by atoms with Gasteiger partial charge in [0.2, 0.25) is 0 Å². The zero-order valence-electron chi connectivity index (χ0n) is 20.3. The van der Waals surface area contributed by atoms with E-state index in [0.717, 1.165) is 23.8 Å². The topological polar surface area (TPSA) is 119 Å². The van der Waals surface area contributed by atoms with Crippen LogP contribution in [-0.4, -0.2) is 48.2 Å². The van der Waals surface area contributed by atoms with E-state index in [1.807, 2.05) is 12.3 Å². The summed E-state index contributed by atoms with van der Waals surface area (Å²) in [5, 5.41) is 14.3. The number of rotatable bonds is 7.